The molecule has 3 rings (SSSR count). The molecule has 0 spiro atoms. The van der Waals surface area contributed by atoms with Crippen molar-refractivity contribution in [3.8, 4) is 5.75 Å². The Morgan fingerprint density at radius 2 is 2.11 bits per heavy atom. The molecule has 0 unspecified atom stereocenters. The van der Waals surface area contributed by atoms with Crippen LogP contribution < -0.4 is 10.1 Å². The molecule has 6 nitrogen and oxygen atoms in total. The van der Waals surface area contributed by atoms with E-state index in [4.69, 9.17) is 4.74 Å². The zero-order valence-electron chi connectivity index (χ0n) is 16.6. The van der Waals surface area contributed by atoms with Gasteiger partial charge >= 0.3 is 0 Å². The highest BCUT2D eigenvalue weighted by molar-refractivity contribution is 5.77. The minimum absolute atomic E-state index is 0.0262. The van der Waals surface area contributed by atoms with E-state index in [2.05, 4.69) is 46.9 Å². The molecule has 0 atom stereocenters. The molecule has 27 heavy (non-hydrogen) atoms. The lowest BCUT2D eigenvalue weighted by molar-refractivity contribution is -0.123. The molecule has 1 aliphatic heterocycles. The summed E-state index contributed by atoms with van der Waals surface area (Å²) in [6.07, 6.45) is 5.30. The van der Waals surface area contributed by atoms with Crippen molar-refractivity contribution in [1.29, 1.82) is 0 Å². The number of carbonyl (C=O) groups is 1. The van der Waals surface area contributed by atoms with E-state index in [9.17, 15) is 4.79 Å². The average molecular weight is 370 g/mol. The van der Waals surface area contributed by atoms with Gasteiger partial charge in [0.25, 0.3) is 5.91 Å². The first-order valence-corrected chi connectivity index (χ1v) is 9.95. The number of carbonyl (C=O) groups excluding carboxylic acids is 1. The Balaban J connectivity index is 1.44. The number of ether oxygens (including phenoxy) is 1. The van der Waals surface area contributed by atoms with Crippen LogP contribution in [0.25, 0.3) is 0 Å². The first-order chi connectivity index (χ1) is 13.0. The molecule has 1 amide bonds. The van der Waals surface area contributed by atoms with Crippen LogP contribution in [-0.2, 0) is 24.2 Å². The Morgan fingerprint density at radius 3 is 2.89 bits per heavy atom. The van der Waals surface area contributed by atoms with E-state index in [-0.39, 0.29) is 12.5 Å². The van der Waals surface area contributed by atoms with Crippen molar-refractivity contribution < 1.29 is 9.53 Å². The number of nitrogens with zero attached hydrogens (tertiary/aromatic N) is 3. The van der Waals surface area contributed by atoms with Gasteiger partial charge in [-0.25, -0.2) is 0 Å². The normalized spacial score (nSPS) is 13.9. The monoisotopic (exact) mass is 370 g/mol. The molecule has 0 saturated heterocycles. The van der Waals surface area contributed by atoms with Gasteiger partial charge in [-0.3, -0.25) is 4.79 Å². The van der Waals surface area contributed by atoms with E-state index < -0.39 is 0 Å². The maximum Gasteiger partial charge on any atom is 0.257 e. The zero-order valence-corrected chi connectivity index (χ0v) is 16.6. The minimum Gasteiger partial charge on any atom is -0.484 e. The van der Waals surface area contributed by atoms with Crippen LogP contribution in [0.1, 0.15) is 61.8 Å². The zero-order chi connectivity index (χ0) is 19.2. The van der Waals surface area contributed by atoms with Gasteiger partial charge in [0.1, 0.15) is 17.4 Å². The number of fused-ring (bicyclic) bond motifs is 1. The Bertz CT molecular complexity index is 782. The van der Waals surface area contributed by atoms with Gasteiger partial charge in [0.15, 0.2) is 6.61 Å². The van der Waals surface area contributed by atoms with Gasteiger partial charge in [-0.2, -0.15) is 0 Å². The van der Waals surface area contributed by atoms with Crippen molar-refractivity contribution in [2.75, 3.05) is 13.2 Å². The van der Waals surface area contributed by atoms with Crippen molar-refractivity contribution in [3.05, 3.63) is 41.0 Å². The van der Waals surface area contributed by atoms with Gasteiger partial charge in [-0.15, -0.1) is 10.2 Å². The smallest absolute Gasteiger partial charge is 0.257 e. The van der Waals surface area contributed by atoms with E-state index in [1.165, 1.54) is 30.4 Å². The van der Waals surface area contributed by atoms with Crippen LogP contribution in [0.3, 0.4) is 0 Å². The first kappa shape index (κ1) is 19.4. The molecule has 0 bridgehead atoms. The molecule has 0 aliphatic carbocycles. The molecule has 2 aromatic rings. The Labute approximate surface area is 161 Å². The average Bonchev–Trinajstić information content (AvgIpc) is 2.86. The quantitative estimate of drug-likeness (QED) is 0.813. The van der Waals surface area contributed by atoms with Crippen molar-refractivity contribution in [3.63, 3.8) is 0 Å². The molecule has 2 heterocycles. The number of nitrogens with one attached hydrogen (secondary N) is 1. The highest BCUT2D eigenvalue weighted by Gasteiger charge is 2.14. The summed E-state index contributed by atoms with van der Waals surface area (Å²) in [6.45, 7) is 7.98. The standard InChI is InChI=1S/C21H30N4O2/c1-15(2)18-9-8-17(13-16(18)3)27-14-21(26)22-11-10-20-24-23-19-7-5-4-6-12-25(19)20/h8-9,13,15H,4-7,10-12,14H2,1-3H3,(H,22,26). The Hall–Kier alpha value is -2.37. The number of hydrogen-bond donors (Lipinski definition) is 1. The van der Waals surface area contributed by atoms with Gasteiger partial charge in [-0.1, -0.05) is 26.3 Å². The first-order valence-electron chi connectivity index (χ1n) is 9.95. The molecular weight excluding hydrogens is 340 g/mol. The predicted octanol–water partition coefficient (Wildman–Crippen LogP) is 3.17. The largest absolute Gasteiger partial charge is 0.484 e. The van der Waals surface area contributed by atoms with Gasteiger partial charge in [-0.05, 0) is 48.9 Å². The van der Waals surface area contributed by atoms with Gasteiger partial charge in [0.05, 0.1) is 0 Å². The number of benzene rings is 1. The van der Waals surface area contributed by atoms with E-state index in [1.807, 2.05) is 12.1 Å². The van der Waals surface area contributed by atoms with Gasteiger partial charge < -0.3 is 14.6 Å². The molecule has 0 fully saturated rings. The Morgan fingerprint density at radius 1 is 1.26 bits per heavy atom. The van der Waals surface area contributed by atoms with Crippen molar-refractivity contribution >= 4 is 5.91 Å². The lowest BCUT2D eigenvalue weighted by Gasteiger charge is -2.12. The van der Waals surface area contributed by atoms with Crippen molar-refractivity contribution in [1.82, 2.24) is 20.1 Å². The summed E-state index contributed by atoms with van der Waals surface area (Å²) >= 11 is 0. The second-order valence-corrected chi connectivity index (χ2v) is 7.56. The van der Waals surface area contributed by atoms with E-state index in [0.29, 0.717) is 18.9 Å². The molecule has 1 aromatic carbocycles. The third kappa shape index (κ3) is 5.08. The summed E-state index contributed by atoms with van der Waals surface area (Å²) in [5.41, 5.74) is 2.50. The third-order valence-corrected chi connectivity index (χ3v) is 5.09. The number of hydrogen-bond acceptors (Lipinski definition) is 4. The van der Waals surface area contributed by atoms with Crippen LogP contribution in [-0.4, -0.2) is 33.8 Å². The summed E-state index contributed by atoms with van der Waals surface area (Å²) in [7, 11) is 0. The van der Waals surface area contributed by atoms with Crippen LogP contribution in [0.5, 0.6) is 5.75 Å². The van der Waals surface area contributed by atoms with Gasteiger partial charge in [0, 0.05) is 25.9 Å². The molecule has 0 saturated carbocycles. The fraction of sp³-hybridized carbons (Fsp3) is 0.571. The fourth-order valence-electron chi connectivity index (χ4n) is 3.63. The van der Waals surface area contributed by atoms with E-state index in [1.54, 1.807) is 0 Å². The molecule has 1 N–H and O–H groups in total. The SMILES string of the molecule is Cc1cc(OCC(=O)NCCc2nnc3n2CCCCC3)ccc1C(C)C. The maximum absolute atomic E-state index is 12.1. The number of amides is 1. The molecular formula is C21H30N4O2. The van der Waals surface area contributed by atoms with Crippen LogP contribution in [0.4, 0.5) is 0 Å². The highest BCUT2D eigenvalue weighted by Crippen LogP contribution is 2.23. The molecule has 1 aliphatic rings. The maximum atomic E-state index is 12.1. The summed E-state index contributed by atoms with van der Waals surface area (Å²) in [4.78, 5) is 12.1. The highest BCUT2D eigenvalue weighted by atomic mass is 16.5. The van der Waals surface area contributed by atoms with Crippen molar-refractivity contribution in [2.45, 2.75) is 65.3 Å². The topological polar surface area (TPSA) is 69.0 Å². The summed E-state index contributed by atoms with van der Waals surface area (Å²) < 4.78 is 7.85. The Kier molecular flexibility index (Phi) is 6.48. The fourth-order valence-corrected chi connectivity index (χ4v) is 3.63. The van der Waals surface area contributed by atoms with E-state index >= 15 is 0 Å². The molecule has 0 radical (unpaired) electrons. The second-order valence-electron chi connectivity index (χ2n) is 7.56. The van der Waals surface area contributed by atoms with Crippen LogP contribution in [0, 0.1) is 6.92 Å². The minimum atomic E-state index is -0.115. The van der Waals surface area contributed by atoms with E-state index in [0.717, 1.165) is 30.4 Å². The lowest BCUT2D eigenvalue weighted by atomic mass is 9.98. The third-order valence-electron chi connectivity index (χ3n) is 5.09. The van der Waals surface area contributed by atoms with Gasteiger partial charge in [0.2, 0.25) is 0 Å². The van der Waals surface area contributed by atoms with Crippen molar-refractivity contribution in [2.24, 2.45) is 0 Å². The summed E-state index contributed by atoms with van der Waals surface area (Å²) in [5, 5.41) is 11.5. The van der Waals surface area contributed by atoms with Crippen LogP contribution in [0.15, 0.2) is 18.2 Å². The predicted molar refractivity (Wildman–Crippen MR) is 105 cm³/mol. The number of aryl methyl sites for hydroxylation is 2. The lowest BCUT2D eigenvalue weighted by Crippen LogP contribution is -2.31. The number of aromatic nitrogens is 3. The molecule has 6 heteroatoms. The second kappa shape index (κ2) is 9.02. The summed E-state index contributed by atoms with van der Waals surface area (Å²) in [5.74, 6) is 3.14. The van der Waals surface area contributed by atoms with Crippen LogP contribution in [0.2, 0.25) is 0 Å². The number of rotatable bonds is 7. The summed E-state index contributed by atoms with van der Waals surface area (Å²) in [6, 6.07) is 6.00. The molecule has 1 aromatic heterocycles. The molecule has 146 valence electrons. The van der Waals surface area contributed by atoms with Crippen LogP contribution >= 0.6 is 0 Å².